The Morgan fingerprint density at radius 1 is 1.42 bits per heavy atom. The molecule has 1 aromatic carbocycles. The molecule has 0 saturated heterocycles. The van der Waals surface area contributed by atoms with Gasteiger partial charge in [0.25, 0.3) is 5.91 Å². The maximum Gasteiger partial charge on any atom is 0.272 e. The number of carbonyl (C=O) groups excluding carboxylic acids is 1. The van der Waals surface area contributed by atoms with Crippen molar-refractivity contribution in [1.82, 2.24) is 20.4 Å². The number of benzene rings is 1. The Morgan fingerprint density at radius 2 is 2.27 bits per heavy atom. The molecular formula is C19H26N4O3. The molecule has 0 aliphatic carbocycles. The average molecular weight is 358 g/mol. The Kier molecular flexibility index (Phi) is 5.78. The average Bonchev–Trinajstić information content (AvgIpc) is 3.07. The Labute approximate surface area is 153 Å². The summed E-state index contributed by atoms with van der Waals surface area (Å²) in [5, 5.41) is 10.2. The Morgan fingerprint density at radius 3 is 3.04 bits per heavy atom. The zero-order chi connectivity index (χ0) is 18.5. The Hall–Kier alpha value is -2.54. The quantitative estimate of drug-likeness (QED) is 0.793. The molecule has 0 spiro atoms. The van der Waals surface area contributed by atoms with Gasteiger partial charge in [-0.1, -0.05) is 19.1 Å². The summed E-state index contributed by atoms with van der Waals surface area (Å²) in [7, 11) is 3.66. The third kappa shape index (κ3) is 3.83. The molecule has 7 heteroatoms. The number of rotatable bonds is 7. The second-order valence-corrected chi connectivity index (χ2v) is 6.50. The van der Waals surface area contributed by atoms with Crippen molar-refractivity contribution in [3.05, 3.63) is 40.7 Å². The van der Waals surface area contributed by atoms with Gasteiger partial charge in [0, 0.05) is 42.9 Å². The van der Waals surface area contributed by atoms with E-state index in [0.29, 0.717) is 30.3 Å². The first-order valence-electron chi connectivity index (χ1n) is 8.95. The molecule has 3 rings (SSSR count). The number of likely N-dealkylation sites (N-methyl/N-ethyl adjacent to an activating group) is 1. The summed E-state index contributed by atoms with van der Waals surface area (Å²) in [5.74, 6) is 1.17. The van der Waals surface area contributed by atoms with Gasteiger partial charge in [-0.2, -0.15) is 5.10 Å². The molecule has 0 unspecified atom stereocenters. The summed E-state index contributed by atoms with van der Waals surface area (Å²) >= 11 is 0. The van der Waals surface area contributed by atoms with Crippen molar-refractivity contribution in [2.75, 3.05) is 27.3 Å². The lowest BCUT2D eigenvalue weighted by atomic mass is 10.1. The van der Waals surface area contributed by atoms with Crippen LogP contribution in [0.2, 0.25) is 0 Å². The van der Waals surface area contributed by atoms with Gasteiger partial charge in [-0.05, 0) is 19.5 Å². The molecule has 1 aliphatic rings. The summed E-state index contributed by atoms with van der Waals surface area (Å²) in [6.45, 7) is 4.71. The van der Waals surface area contributed by atoms with Gasteiger partial charge in [-0.25, -0.2) is 0 Å². The van der Waals surface area contributed by atoms with E-state index in [2.05, 4.69) is 27.3 Å². The number of ether oxygens (including phenoxy) is 2. The fraction of sp³-hybridized carbons (Fsp3) is 0.474. The number of carbonyl (C=O) groups is 1. The molecule has 0 atom stereocenters. The summed E-state index contributed by atoms with van der Waals surface area (Å²) in [6.07, 6.45) is 1.79. The number of aromatic amines is 1. The second-order valence-electron chi connectivity index (χ2n) is 6.50. The number of hydrogen-bond acceptors (Lipinski definition) is 5. The van der Waals surface area contributed by atoms with Crippen molar-refractivity contribution < 1.29 is 14.3 Å². The maximum absolute atomic E-state index is 12.7. The lowest BCUT2D eigenvalue weighted by Crippen LogP contribution is -2.29. The molecule has 2 N–H and O–H groups in total. The highest BCUT2D eigenvalue weighted by Gasteiger charge is 2.24. The number of methoxy groups -OCH3 is 1. The highest BCUT2D eigenvalue weighted by atomic mass is 16.5. The van der Waals surface area contributed by atoms with E-state index in [1.54, 1.807) is 7.11 Å². The van der Waals surface area contributed by atoms with Crippen LogP contribution in [-0.4, -0.2) is 48.3 Å². The lowest BCUT2D eigenvalue weighted by molar-refractivity contribution is 0.0943. The molecule has 0 saturated carbocycles. The van der Waals surface area contributed by atoms with Gasteiger partial charge < -0.3 is 19.7 Å². The summed E-state index contributed by atoms with van der Waals surface area (Å²) in [5.41, 5.74) is 3.41. The zero-order valence-corrected chi connectivity index (χ0v) is 15.6. The van der Waals surface area contributed by atoms with Gasteiger partial charge in [-0.3, -0.25) is 9.89 Å². The van der Waals surface area contributed by atoms with Crippen molar-refractivity contribution in [2.45, 2.75) is 32.9 Å². The molecule has 2 aromatic rings. The van der Waals surface area contributed by atoms with E-state index in [0.717, 1.165) is 42.8 Å². The van der Waals surface area contributed by atoms with E-state index in [4.69, 9.17) is 9.47 Å². The number of fused-ring (bicyclic) bond motifs is 1. The molecule has 140 valence electrons. The van der Waals surface area contributed by atoms with Crippen LogP contribution in [0.4, 0.5) is 0 Å². The van der Waals surface area contributed by atoms with Gasteiger partial charge in [0.15, 0.2) is 17.2 Å². The van der Waals surface area contributed by atoms with Gasteiger partial charge in [0.1, 0.15) is 0 Å². The van der Waals surface area contributed by atoms with Crippen LogP contribution >= 0.6 is 0 Å². The standard InChI is InChI=1S/C19H26N4O3/c1-4-10-26-18-13(6-5-7-16(18)25-3)11-20-19(24)17-14-12-23(2)9-8-15(14)21-22-17/h5-7H,4,8-12H2,1-3H3,(H,20,24)(H,21,22). The molecule has 1 amide bonds. The van der Waals surface area contributed by atoms with Crippen molar-refractivity contribution >= 4 is 5.91 Å². The lowest BCUT2D eigenvalue weighted by Gasteiger charge is -2.22. The van der Waals surface area contributed by atoms with Crippen LogP contribution in [-0.2, 0) is 19.5 Å². The van der Waals surface area contributed by atoms with Crippen molar-refractivity contribution in [1.29, 1.82) is 0 Å². The topological polar surface area (TPSA) is 79.5 Å². The number of aromatic nitrogens is 2. The normalized spacial score (nSPS) is 14.0. The number of H-pyrrole nitrogens is 1. The van der Waals surface area contributed by atoms with Crippen LogP contribution in [0, 0.1) is 0 Å². The van der Waals surface area contributed by atoms with E-state index in [1.165, 1.54) is 0 Å². The van der Waals surface area contributed by atoms with Crippen LogP contribution in [0.15, 0.2) is 18.2 Å². The van der Waals surface area contributed by atoms with Gasteiger partial charge in [0.2, 0.25) is 0 Å². The monoisotopic (exact) mass is 358 g/mol. The second kappa shape index (κ2) is 8.23. The van der Waals surface area contributed by atoms with Crippen molar-refractivity contribution in [2.24, 2.45) is 0 Å². The summed E-state index contributed by atoms with van der Waals surface area (Å²) in [6, 6.07) is 5.68. The molecule has 0 bridgehead atoms. The first-order valence-corrected chi connectivity index (χ1v) is 8.95. The number of amides is 1. The molecule has 0 radical (unpaired) electrons. The van der Waals surface area contributed by atoms with Crippen LogP contribution < -0.4 is 14.8 Å². The Balaban J connectivity index is 1.73. The van der Waals surface area contributed by atoms with E-state index >= 15 is 0 Å². The third-order valence-electron chi connectivity index (χ3n) is 4.51. The highest BCUT2D eigenvalue weighted by Crippen LogP contribution is 2.31. The minimum Gasteiger partial charge on any atom is -0.493 e. The van der Waals surface area contributed by atoms with Crippen LogP contribution in [0.5, 0.6) is 11.5 Å². The van der Waals surface area contributed by atoms with E-state index in [9.17, 15) is 4.79 Å². The van der Waals surface area contributed by atoms with E-state index in [1.807, 2.05) is 25.2 Å². The molecule has 0 fully saturated rings. The fourth-order valence-corrected chi connectivity index (χ4v) is 3.11. The number of nitrogens with zero attached hydrogens (tertiary/aromatic N) is 2. The van der Waals surface area contributed by atoms with Crippen LogP contribution in [0.1, 0.15) is 40.7 Å². The number of para-hydroxylation sites is 1. The summed E-state index contributed by atoms with van der Waals surface area (Å²) < 4.78 is 11.2. The van der Waals surface area contributed by atoms with Crippen molar-refractivity contribution in [3.8, 4) is 11.5 Å². The highest BCUT2D eigenvalue weighted by molar-refractivity contribution is 5.94. The van der Waals surface area contributed by atoms with Gasteiger partial charge >= 0.3 is 0 Å². The maximum atomic E-state index is 12.7. The SMILES string of the molecule is CCCOc1c(CNC(=O)c2n[nH]c3c2CN(C)CC3)cccc1OC. The third-order valence-corrected chi connectivity index (χ3v) is 4.51. The number of nitrogens with one attached hydrogen (secondary N) is 2. The molecular weight excluding hydrogens is 332 g/mol. The molecule has 1 aliphatic heterocycles. The first-order chi connectivity index (χ1) is 12.6. The molecule has 2 heterocycles. The van der Waals surface area contributed by atoms with Crippen LogP contribution in [0.3, 0.4) is 0 Å². The minimum atomic E-state index is -0.179. The molecule has 1 aromatic heterocycles. The van der Waals surface area contributed by atoms with E-state index in [-0.39, 0.29) is 5.91 Å². The predicted molar refractivity (Wildman–Crippen MR) is 98.6 cm³/mol. The largest absolute Gasteiger partial charge is 0.493 e. The Bertz CT molecular complexity index is 772. The smallest absolute Gasteiger partial charge is 0.272 e. The molecule has 26 heavy (non-hydrogen) atoms. The predicted octanol–water partition coefficient (Wildman–Crippen LogP) is 2.12. The van der Waals surface area contributed by atoms with Crippen LogP contribution in [0.25, 0.3) is 0 Å². The molecule has 7 nitrogen and oxygen atoms in total. The fourth-order valence-electron chi connectivity index (χ4n) is 3.11. The summed E-state index contributed by atoms with van der Waals surface area (Å²) in [4.78, 5) is 14.8. The minimum absolute atomic E-state index is 0.179. The van der Waals surface area contributed by atoms with E-state index < -0.39 is 0 Å². The zero-order valence-electron chi connectivity index (χ0n) is 15.6. The van der Waals surface area contributed by atoms with Crippen molar-refractivity contribution in [3.63, 3.8) is 0 Å². The number of hydrogen-bond donors (Lipinski definition) is 2. The van der Waals surface area contributed by atoms with Gasteiger partial charge in [-0.15, -0.1) is 0 Å². The first kappa shape index (κ1) is 18.3. The van der Waals surface area contributed by atoms with Gasteiger partial charge in [0.05, 0.1) is 13.7 Å².